The van der Waals surface area contributed by atoms with Crippen molar-refractivity contribution in [2.45, 2.75) is 4.90 Å². The molecular formula is C21H17ClN2O5S. The second-order valence-electron chi connectivity index (χ2n) is 6.45. The van der Waals surface area contributed by atoms with Crippen molar-refractivity contribution in [3.8, 4) is 11.5 Å². The number of rotatable bonds is 5. The van der Waals surface area contributed by atoms with Crippen molar-refractivity contribution < 1.29 is 22.7 Å². The summed E-state index contributed by atoms with van der Waals surface area (Å²) in [4.78, 5) is 12.4. The van der Waals surface area contributed by atoms with Gasteiger partial charge in [0, 0.05) is 28.0 Å². The average molecular weight is 445 g/mol. The van der Waals surface area contributed by atoms with Crippen LogP contribution in [-0.2, 0) is 10.0 Å². The second kappa shape index (κ2) is 8.25. The zero-order valence-electron chi connectivity index (χ0n) is 15.6. The Morgan fingerprint density at radius 3 is 2.33 bits per heavy atom. The summed E-state index contributed by atoms with van der Waals surface area (Å²) in [5.74, 6) is 0.561. The van der Waals surface area contributed by atoms with Gasteiger partial charge in [0.1, 0.15) is 13.2 Å². The highest BCUT2D eigenvalue weighted by molar-refractivity contribution is 7.92. The normalized spacial score (nSPS) is 12.8. The van der Waals surface area contributed by atoms with Crippen molar-refractivity contribution in [3.63, 3.8) is 0 Å². The number of hydrogen-bond acceptors (Lipinski definition) is 5. The summed E-state index contributed by atoms with van der Waals surface area (Å²) in [7, 11) is -3.83. The first kappa shape index (κ1) is 20.1. The van der Waals surface area contributed by atoms with E-state index in [0.29, 0.717) is 46.7 Å². The lowest BCUT2D eigenvalue weighted by atomic mass is 10.2. The van der Waals surface area contributed by atoms with Crippen LogP contribution < -0.4 is 19.5 Å². The number of sulfonamides is 1. The SMILES string of the molecule is O=C(Nc1cccc(Cl)c1)c1ccc(NS(=O)(=O)c2ccc3c(c2)OCCO3)cc1. The van der Waals surface area contributed by atoms with Gasteiger partial charge in [0.25, 0.3) is 15.9 Å². The van der Waals surface area contributed by atoms with Gasteiger partial charge in [-0.1, -0.05) is 17.7 Å². The predicted octanol–water partition coefficient (Wildman–Crippen LogP) is 4.16. The van der Waals surface area contributed by atoms with Gasteiger partial charge in [-0.25, -0.2) is 8.42 Å². The van der Waals surface area contributed by atoms with Gasteiger partial charge < -0.3 is 14.8 Å². The molecule has 7 nitrogen and oxygen atoms in total. The fourth-order valence-electron chi connectivity index (χ4n) is 2.86. The van der Waals surface area contributed by atoms with Crippen LogP contribution in [0.1, 0.15) is 10.4 Å². The van der Waals surface area contributed by atoms with E-state index in [1.165, 1.54) is 36.4 Å². The van der Waals surface area contributed by atoms with Gasteiger partial charge in [-0.05, 0) is 54.6 Å². The topological polar surface area (TPSA) is 93.7 Å². The number of halogens is 1. The third-order valence-corrected chi connectivity index (χ3v) is 5.92. The van der Waals surface area contributed by atoms with Gasteiger partial charge in [-0.15, -0.1) is 0 Å². The van der Waals surface area contributed by atoms with E-state index in [1.807, 2.05) is 0 Å². The molecule has 3 aromatic rings. The van der Waals surface area contributed by atoms with Crippen molar-refractivity contribution >= 4 is 38.9 Å². The van der Waals surface area contributed by atoms with Crippen molar-refractivity contribution in [2.75, 3.05) is 23.3 Å². The van der Waals surface area contributed by atoms with Gasteiger partial charge in [0.05, 0.1) is 4.90 Å². The molecule has 0 saturated heterocycles. The van der Waals surface area contributed by atoms with Crippen LogP contribution in [0.5, 0.6) is 11.5 Å². The first-order chi connectivity index (χ1) is 14.4. The van der Waals surface area contributed by atoms with Crippen molar-refractivity contribution in [2.24, 2.45) is 0 Å². The van der Waals surface area contributed by atoms with E-state index in [-0.39, 0.29) is 10.8 Å². The lowest BCUT2D eigenvalue weighted by Crippen LogP contribution is -2.17. The van der Waals surface area contributed by atoms with E-state index in [0.717, 1.165) is 0 Å². The monoisotopic (exact) mass is 444 g/mol. The maximum Gasteiger partial charge on any atom is 0.262 e. The number of ether oxygens (including phenoxy) is 2. The number of amides is 1. The molecule has 0 spiro atoms. The highest BCUT2D eigenvalue weighted by Crippen LogP contribution is 2.32. The lowest BCUT2D eigenvalue weighted by molar-refractivity contribution is 0.102. The third kappa shape index (κ3) is 4.50. The molecule has 1 aliphatic heterocycles. The van der Waals surface area contributed by atoms with Gasteiger partial charge in [-0.2, -0.15) is 0 Å². The Morgan fingerprint density at radius 1 is 0.867 bits per heavy atom. The lowest BCUT2D eigenvalue weighted by Gasteiger charge is -2.19. The Hall–Kier alpha value is -3.23. The quantitative estimate of drug-likeness (QED) is 0.616. The molecule has 154 valence electrons. The molecule has 4 rings (SSSR count). The summed E-state index contributed by atoms with van der Waals surface area (Å²) >= 11 is 5.92. The third-order valence-electron chi connectivity index (χ3n) is 4.31. The Kier molecular flexibility index (Phi) is 5.52. The van der Waals surface area contributed by atoms with Crippen LogP contribution in [0.3, 0.4) is 0 Å². The molecule has 0 radical (unpaired) electrons. The van der Waals surface area contributed by atoms with Gasteiger partial charge in [-0.3, -0.25) is 9.52 Å². The minimum Gasteiger partial charge on any atom is -0.486 e. The first-order valence-corrected chi connectivity index (χ1v) is 10.9. The summed E-state index contributed by atoms with van der Waals surface area (Å²) in [6, 6.07) is 17.3. The van der Waals surface area contributed by atoms with Crippen LogP contribution in [0, 0.1) is 0 Å². The second-order valence-corrected chi connectivity index (χ2v) is 8.57. The highest BCUT2D eigenvalue weighted by atomic mass is 35.5. The molecule has 0 aromatic heterocycles. The molecule has 0 saturated carbocycles. The summed E-state index contributed by atoms with van der Waals surface area (Å²) in [5.41, 5.74) is 1.26. The van der Waals surface area contributed by atoms with Crippen LogP contribution in [-0.4, -0.2) is 27.5 Å². The van der Waals surface area contributed by atoms with Crippen LogP contribution in [0.25, 0.3) is 0 Å². The number of carbonyl (C=O) groups is 1. The molecule has 0 aliphatic carbocycles. The van der Waals surface area contributed by atoms with Gasteiger partial charge in [0.2, 0.25) is 0 Å². The Labute approximate surface area is 178 Å². The molecule has 2 N–H and O–H groups in total. The van der Waals surface area contributed by atoms with Crippen LogP contribution in [0.2, 0.25) is 5.02 Å². The molecule has 1 aliphatic rings. The molecular weight excluding hydrogens is 428 g/mol. The van der Waals surface area contributed by atoms with E-state index in [9.17, 15) is 13.2 Å². The Balaban J connectivity index is 1.47. The largest absolute Gasteiger partial charge is 0.486 e. The molecule has 1 heterocycles. The van der Waals surface area contributed by atoms with E-state index in [2.05, 4.69) is 10.0 Å². The van der Waals surface area contributed by atoms with Crippen LogP contribution >= 0.6 is 11.6 Å². The van der Waals surface area contributed by atoms with E-state index < -0.39 is 10.0 Å². The fraction of sp³-hybridized carbons (Fsp3) is 0.0952. The predicted molar refractivity (Wildman–Crippen MR) is 114 cm³/mol. The standard InChI is InChI=1S/C21H17ClN2O5S/c22-15-2-1-3-17(12-15)23-21(25)14-4-6-16(7-5-14)24-30(26,27)18-8-9-19-20(13-18)29-11-10-28-19/h1-9,12-13,24H,10-11H2,(H,23,25). The van der Waals surface area contributed by atoms with Crippen molar-refractivity contribution in [3.05, 3.63) is 77.3 Å². The number of nitrogens with one attached hydrogen (secondary N) is 2. The number of fused-ring (bicyclic) bond motifs is 1. The summed E-state index contributed by atoms with van der Waals surface area (Å²) in [6.07, 6.45) is 0. The Bertz CT molecular complexity index is 1200. The molecule has 1 amide bonds. The Morgan fingerprint density at radius 2 is 1.60 bits per heavy atom. The smallest absolute Gasteiger partial charge is 0.262 e. The molecule has 0 fully saturated rings. The fourth-order valence-corrected chi connectivity index (χ4v) is 4.13. The van der Waals surface area contributed by atoms with E-state index in [1.54, 1.807) is 30.3 Å². The highest BCUT2D eigenvalue weighted by Gasteiger charge is 2.19. The minimum atomic E-state index is -3.83. The molecule has 9 heteroatoms. The number of benzene rings is 3. The van der Waals surface area contributed by atoms with Gasteiger partial charge in [0.15, 0.2) is 11.5 Å². The van der Waals surface area contributed by atoms with E-state index >= 15 is 0 Å². The van der Waals surface area contributed by atoms with E-state index in [4.69, 9.17) is 21.1 Å². The molecule has 0 unspecified atom stereocenters. The van der Waals surface area contributed by atoms with Crippen LogP contribution in [0.15, 0.2) is 71.6 Å². The zero-order valence-corrected chi connectivity index (χ0v) is 17.2. The maximum absolute atomic E-state index is 12.7. The minimum absolute atomic E-state index is 0.0505. The maximum atomic E-state index is 12.7. The van der Waals surface area contributed by atoms with Crippen LogP contribution in [0.4, 0.5) is 11.4 Å². The number of carbonyl (C=O) groups excluding carboxylic acids is 1. The summed E-state index contributed by atoms with van der Waals surface area (Å²) < 4.78 is 38.7. The average Bonchev–Trinajstić information content (AvgIpc) is 2.73. The summed E-state index contributed by atoms with van der Waals surface area (Å²) in [6.45, 7) is 0.789. The summed E-state index contributed by atoms with van der Waals surface area (Å²) in [5, 5.41) is 3.24. The molecule has 3 aromatic carbocycles. The van der Waals surface area contributed by atoms with Crippen molar-refractivity contribution in [1.29, 1.82) is 0 Å². The van der Waals surface area contributed by atoms with Gasteiger partial charge >= 0.3 is 0 Å². The number of hydrogen-bond donors (Lipinski definition) is 2. The molecule has 30 heavy (non-hydrogen) atoms. The molecule has 0 bridgehead atoms. The number of anilines is 2. The first-order valence-electron chi connectivity index (χ1n) is 9.00. The molecule has 0 atom stereocenters. The van der Waals surface area contributed by atoms with Crippen molar-refractivity contribution in [1.82, 2.24) is 0 Å². The zero-order chi connectivity index (χ0) is 21.1.